The minimum atomic E-state index is 1.23. The highest BCUT2D eigenvalue weighted by atomic mass is 15.1. The molecule has 0 aliphatic rings. The van der Waals surface area contributed by atoms with Crippen molar-refractivity contribution < 1.29 is 4.57 Å². The Kier molecular flexibility index (Phi) is 26.7. The standard InChI is InChI=1S/C37H73N2/c1-4-7-10-13-16-19-21-23-26-29-32-37-38(33-30-27-24-18-15-12-9-6-3)35-36-39(37)34-31-28-25-22-20-17-14-11-8-5-2/h35-36H,4-34H2,1-3H3/q+1. The smallest absolute Gasteiger partial charge is 0.234 e. The van der Waals surface area contributed by atoms with Crippen LogP contribution in [0.2, 0.25) is 0 Å². The molecule has 0 fully saturated rings. The minimum absolute atomic E-state index is 1.23. The lowest BCUT2D eigenvalue weighted by Crippen LogP contribution is -2.37. The summed E-state index contributed by atoms with van der Waals surface area (Å²) in [6.07, 6.45) is 45.9. The van der Waals surface area contributed by atoms with Gasteiger partial charge in [0.05, 0.1) is 13.1 Å². The van der Waals surface area contributed by atoms with Crippen LogP contribution >= 0.6 is 0 Å². The summed E-state index contributed by atoms with van der Waals surface area (Å²) in [6, 6.07) is 0. The zero-order valence-corrected chi connectivity index (χ0v) is 27.5. The van der Waals surface area contributed by atoms with Gasteiger partial charge in [0, 0.05) is 6.42 Å². The molecule has 0 saturated heterocycles. The van der Waals surface area contributed by atoms with Crippen LogP contribution in [-0.2, 0) is 19.5 Å². The molecule has 230 valence electrons. The van der Waals surface area contributed by atoms with Gasteiger partial charge in [-0.05, 0) is 32.1 Å². The van der Waals surface area contributed by atoms with Gasteiger partial charge in [-0.3, -0.25) is 0 Å². The van der Waals surface area contributed by atoms with Gasteiger partial charge in [0.15, 0.2) is 0 Å². The molecule has 0 unspecified atom stereocenters. The average Bonchev–Trinajstić information content (AvgIpc) is 3.33. The molecule has 0 aliphatic heterocycles. The number of hydrogen-bond acceptors (Lipinski definition) is 0. The van der Waals surface area contributed by atoms with Crippen molar-refractivity contribution in [3.05, 3.63) is 18.2 Å². The van der Waals surface area contributed by atoms with Gasteiger partial charge >= 0.3 is 0 Å². The Morgan fingerprint density at radius 3 is 1.23 bits per heavy atom. The van der Waals surface area contributed by atoms with Crippen molar-refractivity contribution in [3.63, 3.8) is 0 Å². The topological polar surface area (TPSA) is 8.81 Å². The van der Waals surface area contributed by atoms with E-state index < -0.39 is 0 Å². The fourth-order valence-corrected chi connectivity index (χ4v) is 6.15. The second-order valence-corrected chi connectivity index (χ2v) is 12.7. The largest absolute Gasteiger partial charge is 0.256 e. The van der Waals surface area contributed by atoms with E-state index >= 15 is 0 Å². The molecule has 0 aliphatic carbocycles. The molecule has 0 saturated carbocycles. The monoisotopic (exact) mass is 546 g/mol. The first kappa shape index (κ1) is 36.2. The van der Waals surface area contributed by atoms with Crippen molar-refractivity contribution in [2.45, 2.75) is 220 Å². The molecular weight excluding hydrogens is 472 g/mol. The molecule has 0 N–H and O–H groups in total. The molecule has 1 aromatic rings. The first-order chi connectivity index (χ1) is 19.3. The zero-order valence-electron chi connectivity index (χ0n) is 27.5. The fourth-order valence-electron chi connectivity index (χ4n) is 6.15. The van der Waals surface area contributed by atoms with Crippen LogP contribution in [-0.4, -0.2) is 4.57 Å². The summed E-state index contributed by atoms with van der Waals surface area (Å²) in [5.41, 5.74) is 0. The van der Waals surface area contributed by atoms with Crippen LogP contribution < -0.4 is 4.57 Å². The molecule has 0 aromatic carbocycles. The van der Waals surface area contributed by atoms with Crippen LogP contribution in [0.3, 0.4) is 0 Å². The van der Waals surface area contributed by atoms with Gasteiger partial charge < -0.3 is 0 Å². The number of imidazole rings is 1. The highest BCUT2D eigenvalue weighted by Gasteiger charge is 2.16. The van der Waals surface area contributed by atoms with Crippen LogP contribution in [0.15, 0.2) is 12.4 Å². The van der Waals surface area contributed by atoms with Gasteiger partial charge in [-0.1, -0.05) is 168 Å². The maximum atomic E-state index is 2.63. The summed E-state index contributed by atoms with van der Waals surface area (Å²) in [6.45, 7) is 9.40. The number of aryl methyl sites for hydroxylation is 2. The quantitative estimate of drug-likeness (QED) is 0.0648. The number of unbranched alkanes of at least 4 members (excludes halogenated alkanes) is 25. The van der Waals surface area contributed by atoms with E-state index in [2.05, 4.69) is 42.3 Å². The van der Waals surface area contributed by atoms with Gasteiger partial charge in [-0.2, -0.15) is 0 Å². The molecule has 2 heteroatoms. The van der Waals surface area contributed by atoms with Crippen LogP contribution in [0.25, 0.3) is 0 Å². The van der Waals surface area contributed by atoms with Crippen LogP contribution in [0, 0.1) is 0 Å². The Morgan fingerprint density at radius 2 is 0.795 bits per heavy atom. The fraction of sp³-hybridized carbons (Fsp3) is 0.919. The van der Waals surface area contributed by atoms with Crippen molar-refractivity contribution >= 4 is 0 Å². The third-order valence-electron chi connectivity index (χ3n) is 8.85. The average molecular weight is 546 g/mol. The summed E-state index contributed by atoms with van der Waals surface area (Å²) in [5.74, 6) is 1.62. The highest BCUT2D eigenvalue weighted by Crippen LogP contribution is 2.14. The van der Waals surface area contributed by atoms with E-state index in [9.17, 15) is 0 Å². The molecule has 0 atom stereocenters. The Morgan fingerprint density at radius 1 is 0.436 bits per heavy atom. The summed E-state index contributed by atoms with van der Waals surface area (Å²) in [4.78, 5) is 0. The molecule has 1 rings (SSSR count). The lowest BCUT2D eigenvalue weighted by molar-refractivity contribution is -0.704. The molecule has 1 aromatic heterocycles. The summed E-state index contributed by atoms with van der Waals surface area (Å²) in [5, 5.41) is 0. The van der Waals surface area contributed by atoms with E-state index in [0.717, 1.165) is 0 Å². The van der Waals surface area contributed by atoms with E-state index in [1.807, 2.05) is 0 Å². The Balaban J connectivity index is 2.33. The van der Waals surface area contributed by atoms with Gasteiger partial charge in [0.2, 0.25) is 0 Å². The van der Waals surface area contributed by atoms with Crippen LogP contribution in [0.1, 0.15) is 206 Å². The van der Waals surface area contributed by atoms with Gasteiger partial charge in [0.1, 0.15) is 12.4 Å². The minimum Gasteiger partial charge on any atom is -0.234 e. The molecule has 1 heterocycles. The molecule has 0 spiro atoms. The van der Waals surface area contributed by atoms with Crippen molar-refractivity contribution in [2.24, 2.45) is 0 Å². The SMILES string of the molecule is CCCCCCCCCCCCc1n(CCCCCCCCCC)cc[n+]1CCCCCCCCCCCC. The number of nitrogens with zero attached hydrogens (tertiary/aromatic N) is 2. The Labute approximate surface area is 247 Å². The van der Waals surface area contributed by atoms with E-state index in [-0.39, 0.29) is 0 Å². The van der Waals surface area contributed by atoms with Crippen LogP contribution in [0.4, 0.5) is 0 Å². The van der Waals surface area contributed by atoms with E-state index in [4.69, 9.17) is 0 Å². The van der Waals surface area contributed by atoms with E-state index in [1.54, 1.807) is 5.82 Å². The third-order valence-corrected chi connectivity index (χ3v) is 8.85. The van der Waals surface area contributed by atoms with Crippen LogP contribution in [0.5, 0.6) is 0 Å². The third kappa shape index (κ3) is 21.6. The van der Waals surface area contributed by atoms with Gasteiger partial charge in [0.25, 0.3) is 5.82 Å². The van der Waals surface area contributed by atoms with E-state index in [1.165, 1.54) is 199 Å². The summed E-state index contributed by atoms with van der Waals surface area (Å²) in [7, 11) is 0. The van der Waals surface area contributed by atoms with E-state index in [0.29, 0.717) is 0 Å². The Bertz CT molecular complexity index is 605. The lowest BCUT2D eigenvalue weighted by atomic mass is 10.1. The molecular formula is C37H73N2+. The zero-order chi connectivity index (χ0) is 28.1. The summed E-state index contributed by atoms with van der Waals surface area (Å²) < 4.78 is 5.25. The molecule has 2 nitrogen and oxygen atoms in total. The second-order valence-electron chi connectivity index (χ2n) is 12.7. The molecule has 0 bridgehead atoms. The predicted molar refractivity (Wildman–Crippen MR) is 175 cm³/mol. The normalized spacial score (nSPS) is 11.6. The van der Waals surface area contributed by atoms with Crippen molar-refractivity contribution in [2.75, 3.05) is 0 Å². The number of rotatable bonds is 31. The van der Waals surface area contributed by atoms with Crippen molar-refractivity contribution in [1.82, 2.24) is 4.57 Å². The maximum Gasteiger partial charge on any atom is 0.256 e. The molecule has 0 radical (unpaired) electrons. The first-order valence-corrected chi connectivity index (χ1v) is 18.4. The summed E-state index contributed by atoms with van der Waals surface area (Å²) >= 11 is 0. The molecule has 0 amide bonds. The van der Waals surface area contributed by atoms with Gasteiger partial charge in [-0.25, -0.2) is 9.13 Å². The maximum absolute atomic E-state index is 2.63. The number of hydrogen-bond donors (Lipinski definition) is 0. The Hall–Kier alpha value is -0.790. The van der Waals surface area contributed by atoms with Crippen molar-refractivity contribution in [3.8, 4) is 0 Å². The molecule has 39 heavy (non-hydrogen) atoms. The first-order valence-electron chi connectivity index (χ1n) is 18.4. The predicted octanol–water partition coefficient (Wildman–Crippen LogP) is 12.3. The van der Waals surface area contributed by atoms with Gasteiger partial charge in [-0.15, -0.1) is 0 Å². The second kappa shape index (κ2) is 28.7. The highest BCUT2D eigenvalue weighted by molar-refractivity contribution is 4.84. The lowest BCUT2D eigenvalue weighted by Gasteiger charge is -2.07. The van der Waals surface area contributed by atoms with Crippen molar-refractivity contribution in [1.29, 1.82) is 0 Å². The number of aromatic nitrogens is 2.